The van der Waals surface area contributed by atoms with Gasteiger partial charge in [-0.05, 0) is 21.0 Å². The molecule has 0 bridgehead atoms. The molecule has 0 rings (SSSR count). The maximum absolute atomic E-state index is 11.2. The van der Waals surface area contributed by atoms with Crippen molar-refractivity contribution in [2.45, 2.75) is 13.0 Å². The zero-order chi connectivity index (χ0) is 10.4. The molecule has 1 amide bonds. The van der Waals surface area contributed by atoms with E-state index in [0.29, 0.717) is 5.57 Å². The zero-order valence-corrected chi connectivity index (χ0v) is 8.64. The van der Waals surface area contributed by atoms with Crippen molar-refractivity contribution in [2.75, 3.05) is 21.1 Å². The van der Waals surface area contributed by atoms with Gasteiger partial charge in [-0.1, -0.05) is 12.5 Å². The number of likely N-dealkylation sites (N-methyl/N-ethyl adjacent to an activating group) is 2. The number of nitrogens with one attached hydrogen (secondary N) is 1. The molecule has 0 aliphatic heterocycles. The molecular formula is C10H16N2O. The molecule has 1 atom stereocenters. The zero-order valence-electron chi connectivity index (χ0n) is 8.64. The molecule has 1 unspecified atom stereocenters. The first-order chi connectivity index (χ1) is 6.04. The SMILES string of the molecule is C=C(C(=O)NC)C(C#CC)N(C)C. The molecule has 3 nitrogen and oxygen atoms in total. The summed E-state index contributed by atoms with van der Waals surface area (Å²) in [4.78, 5) is 13.1. The van der Waals surface area contributed by atoms with Crippen LogP contribution in [-0.4, -0.2) is 38.0 Å². The Morgan fingerprint density at radius 3 is 2.38 bits per heavy atom. The average molecular weight is 180 g/mol. The summed E-state index contributed by atoms with van der Waals surface area (Å²) in [5.74, 6) is 5.52. The van der Waals surface area contributed by atoms with E-state index in [1.54, 1.807) is 14.0 Å². The minimum Gasteiger partial charge on any atom is -0.355 e. The Hall–Kier alpha value is -1.27. The molecule has 72 valence electrons. The van der Waals surface area contributed by atoms with E-state index in [1.807, 2.05) is 19.0 Å². The van der Waals surface area contributed by atoms with Crippen LogP contribution in [0.25, 0.3) is 0 Å². The summed E-state index contributed by atoms with van der Waals surface area (Å²) in [6.07, 6.45) is 0. The summed E-state index contributed by atoms with van der Waals surface area (Å²) >= 11 is 0. The van der Waals surface area contributed by atoms with Crippen molar-refractivity contribution in [2.24, 2.45) is 0 Å². The van der Waals surface area contributed by atoms with E-state index in [9.17, 15) is 4.79 Å². The van der Waals surface area contributed by atoms with Crippen LogP contribution in [0.1, 0.15) is 6.92 Å². The summed E-state index contributed by atoms with van der Waals surface area (Å²) < 4.78 is 0. The van der Waals surface area contributed by atoms with E-state index >= 15 is 0 Å². The first-order valence-corrected chi connectivity index (χ1v) is 4.04. The molecule has 0 aromatic rings. The summed E-state index contributed by atoms with van der Waals surface area (Å²) in [5.41, 5.74) is 0.474. The third-order valence-corrected chi connectivity index (χ3v) is 1.65. The highest BCUT2D eigenvalue weighted by atomic mass is 16.1. The predicted molar refractivity (Wildman–Crippen MR) is 54.1 cm³/mol. The minimum atomic E-state index is -0.204. The van der Waals surface area contributed by atoms with Crippen LogP contribution in [-0.2, 0) is 4.79 Å². The normalized spacial score (nSPS) is 11.5. The predicted octanol–water partition coefficient (Wildman–Crippen LogP) is 0.242. The Labute approximate surface area is 79.8 Å². The van der Waals surface area contributed by atoms with Crippen LogP contribution < -0.4 is 5.32 Å². The smallest absolute Gasteiger partial charge is 0.248 e. The van der Waals surface area contributed by atoms with E-state index in [0.717, 1.165) is 0 Å². The summed E-state index contributed by atoms with van der Waals surface area (Å²) in [5, 5.41) is 2.53. The molecule has 0 saturated heterocycles. The molecule has 0 aliphatic rings. The lowest BCUT2D eigenvalue weighted by Crippen LogP contribution is -2.35. The number of nitrogens with zero attached hydrogens (tertiary/aromatic N) is 1. The largest absolute Gasteiger partial charge is 0.355 e. The fraction of sp³-hybridized carbons (Fsp3) is 0.500. The third kappa shape index (κ3) is 3.30. The van der Waals surface area contributed by atoms with Crippen molar-refractivity contribution in [3.05, 3.63) is 12.2 Å². The number of carbonyl (C=O) groups is 1. The van der Waals surface area contributed by atoms with Crippen LogP contribution in [0.15, 0.2) is 12.2 Å². The molecule has 0 spiro atoms. The van der Waals surface area contributed by atoms with Gasteiger partial charge in [0.15, 0.2) is 0 Å². The van der Waals surface area contributed by atoms with Gasteiger partial charge in [-0.15, -0.1) is 5.92 Å². The van der Waals surface area contributed by atoms with Crippen molar-refractivity contribution < 1.29 is 4.79 Å². The van der Waals surface area contributed by atoms with Gasteiger partial charge in [0.2, 0.25) is 5.91 Å². The van der Waals surface area contributed by atoms with Gasteiger partial charge in [-0.3, -0.25) is 9.69 Å². The van der Waals surface area contributed by atoms with Gasteiger partial charge < -0.3 is 5.32 Å². The standard InChI is InChI=1S/C10H16N2O/c1-6-7-9(12(4)5)8(2)10(13)11-3/h9H,2H2,1,3-5H3,(H,11,13). The summed E-state index contributed by atoms with van der Waals surface area (Å²) in [6, 6.07) is -0.204. The van der Waals surface area contributed by atoms with E-state index in [-0.39, 0.29) is 11.9 Å². The van der Waals surface area contributed by atoms with Crippen LogP contribution in [0, 0.1) is 11.8 Å². The number of hydrogen-bond acceptors (Lipinski definition) is 2. The monoisotopic (exact) mass is 180 g/mol. The quantitative estimate of drug-likeness (QED) is 0.498. The molecule has 0 aliphatic carbocycles. The van der Waals surface area contributed by atoms with E-state index in [2.05, 4.69) is 23.7 Å². The molecule has 0 radical (unpaired) electrons. The Bertz CT molecular complexity index is 258. The van der Waals surface area contributed by atoms with Gasteiger partial charge in [0.05, 0.1) is 0 Å². The van der Waals surface area contributed by atoms with Crippen LogP contribution in [0.4, 0.5) is 0 Å². The topological polar surface area (TPSA) is 32.3 Å². The Balaban J connectivity index is 4.62. The first-order valence-electron chi connectivity index (χ1n) is 4.04. The highest BCUT2D eigenvalue weighted by Gasteiger charge is 2.17. The second kappa shape index (κ2) is 5.39. The summed E-state index contributed by atoms with van der Waals surface area (Å²) in [6.45, 7) is 5.45. The molecule has 0 fully saturated rings. The second-order valence-corrected chi connectivity index (χ2v) is 2.86. The second-order valence-electron chi connectivity index (χ2n) is 2.86. The van der Waals surface area contributed by atoms with Crippen LogP contribution >= 0.6 is 0 Å². The molecule has 0 aromatic carbocycles. The maximum Gasteiger partial charge on any atom is 0.248 e. The number of carbonyl (C=O) groups excluding carboxylic acids is 1. The van der Waals surface area contributed by atoms with Crippen molar-refractivity contribution >= 4 is 5.91 Å². The van der Waals surface area contributed by atoms with E-state index < -0.39 is 0 Å². The Morgan fingerprint density at radius 2 is 2.08 bits per heavy atom. The Morgan fingerprint density at radius 1 is 1.54 bits per heavy atom. The fourth-order valence-electron chi connectivity index (χ4n) is 0.949. The van der Waals surface area contributed by atoms with Crippen molar-refractivity contribution in [3.8, 4) is 11.8 Å². The molecule has 1 N–H and O–H groups in total. The highest BCUT2D eigenvalue weighted by molar-refractivity contribution is 5.94. The molecule has 0 saturated carbocycles. The van der Waals surface area contributed by atoms with Crippen molar-refractivity contribution in [1.29, 1.82) is 0 Å². The molecule has 0 aromatic heterocycles. The third-order valence-electron chi connectivity index (χ3n) is 1.65. The van der Waals surface area contributed by atoms with E-state index in [4.69, 9.17) is 0 Å². The lowest BCUT2D eigenvalue weighted by molar-refractivity contribution is -0.117. The lowest BCUT2D eigenvalue weighted by atomic mass is 10.1. The molecule has 0 heterocycles. The van der Waals surface area contributed by atoms with Crippen LogP contribution in [0.5, 0.6) is 0 Å². The maximum atomic E-state index is 11.2. The van der Waals surface area contributed by atoms with Crippen molar-refractivity contribution in [3.63, 3.8) is 0 Å². The highest BCUT2D eigenvalue weighted by Crippen LogP contribution is 2.04. The number of rotatable bonds is 3. The fourth-order valence-corrected chi connectivity index (χ4v) is 0.949. The molecule has 13 heavy (non-hydrogen) atoms. The first kappa shape index (κ1) is 11.7. The van der Waals surface area contributed by atoms with Crippen LogP contribution in [0.3, 0.4) is 0 Å². The van der Waals surface area contributed by atoms with Gasteiger partial charge in [-0.25, -0.2) is 0 Å². The number of hydrogen-bond donors (Lipinski definition) is 1. The number of amides is 1. The Kier molecular flexibility index (Phi) is 4.86. The lowest BCUT2D eigenvalue weighted by Gasteiger charge is -2.19. The molecular weight excluding hydrogens is 164 g/mol. The van der Waals surface area contributed by atoms with Gasteiger partial charge in [-0.2, -0.15) is 0 Å². The summed E-state index contributed by atoms with van der Waals surface area (Å²) in [7, 11) is 5.31. The van der Waals surface area contributed by atoms with Gasteiger partial charge in [0.1, 0.15) is 6.04 Å². The van der Waals surface area contributed by atoms with E-state index in [1.165, 1.54) is 0 Å². The minimum absolute atomic E-state index is 0.165. The van der Waals surface area contributed by atoms with Gasteiger partial charge in [0, 0.05) is 12.6 Å². The molecule has 3 heteroatoms. The average Bonchev–Trinajstić information content (AvgIpc) is 2.11. The van der Waals surface area contributed by atoms with Gasteiger partial charge in [0.25, 0.3) is 0 Å². The van der Waals surface area contributed by atoms with Crippen LogP contribution in [0.2, 0.25) is 0 Å². The van der Waals surface area contributed by atoms with Gasteiger partial charge >= 0.3 is 0 Å². The van der Waals surface area contributed by atoms with Crippen molar-refractivity contribution in [1.82, 2.24) is 10.2 Å².